The lowest BCUT2D eigenvalue weighted by Crippen LogP contribution is -1.87. The van der Waals surface area contributed by atoms with E-state index >= 15 is 0 Å². The van der Waals surface area contributed by atoms with Crippen LogP contribution in [0.25, 0.3) is 21.5 Å². The Balaban J connectivity index is 1.75. The molecule has 5 rings (SSSR count). The zero-order valence-electron chi connectivity index (χ0n) is 15.2. The maximum Gasteiger partial charge on any atom is 0.0172 e. The molecule has 0 spiro atoms. The predicted octanol–water partition coefficient (Wildman–Crippen LogP) is 7.92. The van der Waals surface area contributed by atoms with Gasteiger partial charge in [0.05, 0.1) is 0 Å². The van der Waals surface area contributed by atoms with E-state index in [1.807, 2.05) is 22.9 Å². The van der Waals surface area contributed by atoms with Crippen LogP contribution in [0.15, 0.2) is 124 Å². The van der Waals surface area contributed by atoms with Crippen LogP contribution in [0.4, 0.5) is 0 Å². The van der Waals surface area contributed by atoms with Crippen LogP contribution in [0.1, 0.15) is 0 Å². The lowest BCUT2D eigenvalue weighted by Gasteiger charge is -2.25. The van der Waals surface area contributed by atoms with Crippen molar-refractivity contribution in [3.8, 4) is 0 Å². The average Bonchev–Trinajstić information content (AvgIpc) is 2.78. The summed E-state index contributed by atoms with van der Waals surface area (Å²) < 4.78 is 0. The Kier molecular flexibility index (Phi) is 4.82. The average molecular weight is 396 g/mol. The maximum atomic E-state index is 3.14. The number of rotatable bonds is 4. The highest BCUT2D eigenvalue weighted by Gasteiger charge is 2.17. The normalized spacial score (nSPS) is 11.6. The summed E-state index contributed by atoms with van der Waals surface area (Å²) in [4.78, 5) is 4.12. The minimum Gasteiger partial charge on any atom is -0.145 e. The van der Waals surface area contributed by atoms with Crippen molar-refractivity contribution in [3.63, 3.8) is 0 Å². The first-order valence-corrected chi connectivity index (χ1v) is 12.1. The van der Waals surface area contributed by atoms with E-state index in [4.69, 9.17) is 0 Å². The van der Waals surface area contributed by atoms with Gasteiger partial charge < -0.3 is 0 Å². The van der Waals surface area contributed by atoms with E-state index < -0.39 is 9.93 Å². The molecule has 0 saturated heterocycles. The van der Waals surface area contributed by atoms with E-state index in [9.17, 15) is 0 Å². The van der Waals surface area contributed by atoms with E-state index in [2.05, 4.69) is 103 Å². The van der Waals surface area contributed by atoms with Gasteiger partial charge in [0.25, 0.3) is 0 Å². The summed E-state index contributed by atoms with van der Waals surface area (Å²) in [5.74, 6) is 0. The first-order chi connectivity index (χ1) is 13.9. The van der Waals surface area contributed by atoms with Crippen molar-refractivity contribution in [1.29, 1.82) is 0 Å². The van der Waals surface area contributed by atoms with Gasteiger partial charge in [-0.05, 0) is 51.9 Å². The smallest absolute Gasteiger partial charge is 0.0172 e. The van der Waals surface area contributed by atoms with Gasteiger partial charge in [-0.1, -0.05) is 95.7 Å². The molecule has 2 heteroatoms. The van der Waals surface area contributed by atoms with Gasteiger partial charge in [0, 0.05) is 14.7 Å². The Hall–Kier alpha value is -2.68. The van der Waals surface area contributed by atoms with Crippen molar-refractivity contribution in [2.75, 3.05) is 0 Å². The topological polar surface area (TPSA) is 0 Å². The molecule has 0 aliphatic heterocycles. The van der Waals surface area contributed by atoms with Crippen molar-refractivity contribution < 1.29 is 0 Å². The second-order valence-electron chi connectivity index (χ2n) is 6.62. The van der Waals surface area contributed by atoms with Crippen molar-refractivity contribution in [1.82, 2.24) is 0 Å². The summed E-state index contributed by atoms with van der Waals surface area (Å²) in [6, 6.07) is 42.3. The number of thiol groups is 1. The molecule has 0 atom stereocenters. The SMILES string of the molecule is [c]1ccc(S[SH](c2cccc3ccccc23)c2cccc3ccccc23)cc1. The molecular formula is C26H19S2. The van der Waals surface area contributed by atoms with Crippen molar-refractivity contribution in [3.05, 3.63) is 115 Å². The van der Waals surface area contributed by atoms with Crippen LogP contribution in [0.2, 0.25) is 0 Å². The van der Waals surface area contributed by atoms with Crippen LogP contribution in [-0.2, 0) is 0 Å². The summed E-state index contributed by atoms with van der Waals surface area (Å²) in [6.45, 7) is 0. The fourth-order valence-corrected chi connectivity index (χ4v) is 8.29. The fourth-order valence-electron chi connectivity index (χ4n) is 3.54. The molecule has 1 radical (unpaired) electrons. The third-order valence-electron chi connectivity index (χ3n) is 4.86. The third kappa shape index (κ3) is 3.30. The number of fused-ring (bicyclic) bond motifs is 2. The van der Waals surface area contributed by atoms with Crippen LogP contribution < -0.4 is 0 Å². The molecule has 0 heterocycles. The van der Waals surface area contributed by atoms with Gasteiger partial charge in [0.1, 0.15) is 0 Å². The molecule has 0 amide bonds. The molecular weight excluding hydrogens is 376 g/mol. The number of benzene rings is 5. The van der Waals surface area contributed by atoms with Gasteiger partial charge in [-0.25, -0.2) is 0 Å². The van der Waals surface area contributed by atoms with Crippen molar-refractivity contribution in [2.24, 2.45) is 0 Å². The molecule has 5 aromatic rings. The Bertz CT molecular complexity index is 1160. The highest BCUT2D eigenvalue weighted by Crippen LogP contribution is 2.60. The van der Waals surface area contributed by atoms with Gasteiger partial charge in [-0.2, -0.15) is 0 Å². The second-order valence-corrected chi connectivity index (χ2v) is 10.5. The van der Waals surface area contributed by atoms with Crippen LogP contribution >= 0.6 is 20.7 Å². The minimum atomic E-state index is -0.624. The van der Waals surface area contributed by atoms with Gasteiger partial charge in [-0.3, -0.25) is 0 Å². The largest absolute Gasteiger partial charge is 0.145 e. The Labute approximate surface area is 172 Å². The van der Waals surface area contributed by atoms with Crippen LogP contribution in [-0.4, -0.2) is 0 Å². The standard InChI is InChI=1S/C26H19S2/c1-2-14-22(15-3-1)27-28(25-18-8-12-20-10-4-6-16-23(20)25)26-19-9-13-21-11-5-7-17-24(21)26/h2-19,28H. The van der Waals surface area contributed by atoms with E-state index in [1.165, 1.54) is 36.2 Å². The molecule has 28 heavy (non-hydrogen) atoms. The van der Waals surface area contributed by atoms with Gasteiger partial charge in [-0.15, -0.1) is 9.93 Å². The summed E-state index contributed by atoms with van der Waals surface area (Å²) in [6.07, 6.45) is 0. The Morgan fingerprint density at radius 2 is 1.04 bits per heavy atom. The van der Waals surface area contributed by atoms with E-state index in [-0.39, 0.29) is 0 Å². The highest BCUT2D eigenvalue weighted by atomic mass is 33.1. The van der Waals surface area contributed by atoms with E-state index in [1.54, 1.807) is 0 Å². The molecule has 0 aliphatic rings. The molecule has 0 unspecified atom stereocenters. The second kappa shape index (κ2) is 7.75. The molecule has 5 aromatic carbocycles. The van der Waals surface area contributed by atoms with Gasteiger partial charge in [0.2, 0.25) is 0 Å². The summed E-state index contributed by atoms with van der Waals surface area (Å²) in [5.41, 5.74) is 0. The minimum absolute atomic E-state index is 0.624. The Morgan fingerprint density at radius 1 is 0.536 bits per heavy atom. The first kappa shape index (κ1) is 17.4. The van der Waals surface area contributed by atoms with Crippen molar-refractivity contribution in [2.45, 2.75) is 14.7 Å². The molecule has 0 aromatic heterocycles. The summed E-state index contributed by atoms with van der Waals surface area (Å²) in [7, 11) is 1.35. The van der Waals surface area contributed by atoms with Crippen LogP contribution in [0.5, 0.6) is 0 Å². The van der Waals surface area contributed by atoms with Crippen molar-refractivity contribution >= 4 is 42.3 Å². The van der Waals surface area contributed by atoms with E-state index in [0.717, 1.165) is 0 Å². The zero-order chi connectivity index (χ0) is 18.8. The highest BCUT2D eigenvalue weighted by molar-refractivity contribution is 8.85. The molecule has 0 nitrogen and oxygen atoms in total. The Morgan fingerprint density at radius 3 is 1.61 bits per heavy atom. The number of hydrogen-bond donors (Lipinski definition) is 1. The van der Waals surface area contributed by atoms with E-state index in [0.29, 0.717) is 0 Å². The maximum absolute atomic E-state index is 3.14. The first-order valence-electron chi connectivity index (χ1n) is 9.30. The molecule has 0 aliphatic carbocycles. The molecule has 0 bridgehead atoms. The predicted molar refractivity (Wildman–Crippen MR) is 125 cm³/mol. The summed E-state index contributed by atoms with van der Waals surface area (Å²) in [5, 5.41) is 5.29. The zero-order valence-corrected chi connectivity index (χ0v) is 17.0. The summed E-state index contributed by atoms with van der Waals surface area (Å²) >= 11 is 0. The van der Waals surface area contributed by atoms with Crippen LogP contribution in [0.3, 0.4) is 0 Å². The molecule has 0 N–H and O–H groups in total. The van der Waals surface area contributed by atoms with Gasteiger partial charge >= 0.3 is 0 Å². The fraction of sp³-hybridized carbons (Fsp3) is 0. The molecule has 0 saturated carbocycles. The quantitative estimate of drug-likeness (QED) is 0.238. The number of hydrogen-bond acceptors (Lipinski definition) is 1. The lowest BCUT2D eigenvalue weighted by atomic mass is 10.1. The molecule has 0 fully saturated rings. The monoisotopic (exact) mass is 395 g/mol. The molecule has 135 valence electrons. The van der Waals surface area contributed by atoms with Gasteiger partial charge in [0.15, 0.2) is 0 Å². The lowest BCUT2D eigenvalue weighted by molar-refractivity contribution is 1.46. The third-order valence-corrected chi connectivity index (χ3v) is 9.54. The van der Waals surface area contributed by atoms with Crippen LogP contribution in [0, 0.1) is 6.07 Å².